The fourth-order valence-electron chi connectivity index (χ4n) is 2.38. The number of amides is 1. The van der Waals surface area contributed by atoms with Crippen LogP contribution in [0.2, 0.25) is 0 Å². The highest BCUT2D eigenvalue weighted by atomic mass is 79.9. The lowest BCUT2D eigenvalue weighted by Crippen LogP contribution is -2.26. The lowest BCUT2D eigenvalue weighted by Gasteiger charge is -2.07. The Morgan fingerprint density at radius 3 is 2.48 bits per heavy atom. The van der Waals surface area contributed by atoms with Gasteiger partial charge in [0.25, 0.3) is 11.5 Å². The van der Waals surface area contributed by atoms with E-state index in [1.807, 2.05) is 0 Å². The second-order valence-electron chi connectivity index (χ2n) is 5.51. The number of hydrogen-bond donors (Lipinski definition) is 3. The standard InChI is InChI=1S/C17H19BrN4O3/c1-10-13(16(25)22-17(19)21-10)3-2-8-20-15(24)12-6-4-11(5-7-12)14(23)9-18/h4-7H,2-3,8-9H2,1H3,(H,20,24)(H3,19,21,22,25). The molecule has 1 heterocycles. The molecule has 0 aliphatic carbocycles. The first-order chi connectivity index (χ1) is 11.9. The molecule has 0 aliphatic heterocycles. The van der Waals surface area contributed by atoms with E-state index >= 15 is 0 Å². The summed E-state index contributed by atoms with van der Waals surface area (Å²) in [5, 5.41) is 3.04. The Balaban J connectivity index is 1.87. The molecule has 8 heteroatoms. The van der Waals surface area contributed by atoms with Crippen LogP contribution in [0.15, 0.2) is 29.1 Å². The summed E-state index contributed by atoms with van der Waals surface area (Å²) in [6.07, 6.45) is 1.09. The van der Waals surface area contributed by atoms with Crippen LogP contribution in [-0.4, -0.2) is 33.5 Å². The van der Waals surface area contributed by atoms with Crippen LogP contribution in [0, 0.1) is 6.92 Å². The maximum Gasteiger partial charge on any atom is 0.255 e. The van der Waals surface area contributed by atoms with Gasteiger partial charge in [-0.1, -0.05) is 28.1 Å². The monoisotopic (exact) mass is 406 g/mol. The molecular weight excluding hydrogens is 388 g/mol. The second kappa shape index (κ2) is 8.57. The van der Waals surface area contributed by atoms with Crippen molar-refractivity contribution in [1.29, 1.82) is 0 Å². The smallest absolute Gasteiger partial charge is 0.255 e. The highest BCUT2D eigenvalue weighted by Crippen LogP contribution is 2.07. The third kappa shape index (κ3) is 4.99. The number of ketones is 1. The van der Waals surface area contributed by atoms with Gasteiger partial charge in [0.2, 0.25) is 5.95 Å². The zero-order chi connectivity index (χ0) is 18.4. The van der Waals surface area contributed by atoms with Gasteiger partial charge in [0, 0.05) is 28.9 Å². The van der Waals surface area contributed by atoms with Crippen LogP contribution >= 0.6 is 15.9 Å². The molecule has 1 amide bonds. The third-order valence-corrected chi connectivity index (χ3v) is 4.23. The first-order valence-corrected chi connectivity index (χ1v) is 8.87. The number of carbonyl (C=O) groups excluding carboxylic acids is 2. The Morgan fingerprint density at radius 1 is 1.24 bits per heavy atom. The topological polar surface area (TPSA) is 118 Å². The van der Waals surface area contributed by atoms with Crippen molar-refractivity contribution < 1.29 is 9.59 Å². The molecule has 2 aromatic rings. The minimum Gasteiger partial charge on any atom is -0.369 e. The molecule has 7 nitrogen and oxygen atoms in total. The number of aromatic amines is 1. The Morgan fingerprint density at radius 2 is 1.88 bits per heavy atom. The third-order valence-electron chi connectivity index (χ3n) is 3.72. The number of benzene rings is 1. The number of halogens is 1. The molecule has 0 spiro atoms. The summed E-state index contributed by atoms with van der Waals surface area (Å²) >= 11 is 3.11. The molecule has 1 aromatic carbocycles. The van der Waals surface area contributed by atoms with Crippen molar-refractivity contribution in [3.63, 3.8) is 0 Å². The van der Waals surface area contributed by atoms with Crippen molar-refractivity contribution in [2.75, 3.05) is 17.6 Å². The quantitative estimate of drug-likeness (QED) is 0.366. The van der Waals surface area contributed by atoms with E-state index in [4.69, 9.17) is 5.73 Å². The molecule has 0 fully saturated rings. The maximum absolute atomic E-state index is 12.1. The molecule has 2 rings (SSSR count). The molecular formula is C17H19BrN4O3. The number of anilines is 1. The summed E-state index contributed by atoms with van der Waals surface area (Å²) < 4.78 is 0. The average Bonchev–Trinajstić information content (AvgIpc) is 2.59. The van der Waals surface area contributed by atoms with Gasteiger partial charge in [0.05, 0.1) is 5.33 Å². The zero-order valence-electron chi connectivity index (χ0n) is 13.8. The van der Waals surface area contributed by atoms with E-state index in [1.165, 1.54) is 0 Å². The van der Waals surface area contributed by atoms with Crippen molar-refractivity contribution in [1.82, 2.24) is 15.3 Å². The van der Waals surface area contributed by atoms with Gasteiger partial charge in [-0.25, -0.2) is 4.98 Å². The molecule has 0 atom stereocenters. The van der Waals surface area contributed by atoms with E-state index < -0.39 is 0 Å². The van der Waals surface area contributed by atoms with E-state index in [2.05, 4.69) is 31.2 Å². The van der Waals surface area contributed by atoms with E-state index in [-0.39, 0.29) is 28.5 Å². The minimum absolute atomic E-state index is 0.0374. The first-order valence-electron chi connectivity index (χ1n) is 7.75. The van der Waals surface area contributed by atoms with Crippen LogP contribution in [0.5, 0.6) is 0 Å². The number of hydrogen-bond acceptors (Lipinski definition) is 5. The highest BCUT2D eigenvalue weighted by Gasteiger charge is 2.09. The minimum atomic E-state index is -0.247. The SMILES string of the molecule is Cc1nc(N)[nH]c(=O)c1CCCNC(=O)c1ccc(C(=O)CBr)cc1. The summed E-state index contributed by atoms with van der Waals surface area (Å²) in [5.41, 5.74) is 7.43. The Kier molecular flexibility index (Phi) is 6.46. The van der Waals surface area contributed by atoms with Gasteiger partial charge in [-0.3, -0.25) is 19.4 Å². The van der Waals surface area contributed by atoms with Gasteiger partial charge in [-0.2, -0.15) is 0 Å². The van der Waals surface area contributed by atoms with Crippen LogP contribution in [0.3, 0.4) is 0 Å². The number of aryl methyl sites for hydroxylation is 1. The summed E-state index contributed by atoms with van der Waals surface area (Å²) in [7, 11) is 0. The predicted molar refractivity (Wildman–Crippen MR) is 99.2 cm³/mol. The number of nitrogens with one attached hydrogen (secondary N) is 2. The number of aromatic nitrogens is 2. The van der Waals surface area contributed by atoms with Gasteiger partial charge in [0.15, 0.2) is 5.78 Å². The normalized spacial score (nSPS) is 10.5. The molecule has 0 aliphatic rings. The summed E-state index contributed by atoms with van der Waals surface area (Å²) in [6, 6.07) is 6.48. The number of nitrogens with zero attached hydrogens (tertiary/aromatic N) is 1. The van der Waals surface area contributed by atoms with Crippen LogP contribution in [0.1, 0.15) is 38.4 Å². The van der Waals surface area contributed by atoms with Crippen LogP contribution < -0.4 is 16.6 Å². The lowest BCUT2D eigenvalue weighted by atomic mass is 10.1. The Labute approximate surface area is 153 Å². The number of carbonyl (C=O) groups is 2. The van der Waals surface area contributed by atoms with Gasteiger partial charge in [0.1, 0.15) is 0 Å². The lowest BCUT2D eigenvalue weighted by molar-refractivity contribution is 0.0951. The molecule has 132 valence electrons. The summed E-state index contributed by atoms with van der Waals surface area (Å²) in [5.74, 6) is -0.162. The number of rotatable bonds is 7. The zero-order valence-corrected chi connectivity index (χ0v) is 15.4. The van der Waals surface area contributed by atoms with Crippen molar-refractivity contribution >= 4 is 33.6 Å². The maximum atomic E-state index is 12.1. The molecule has 4 N–H and O–H groups in total. The number of alkyl halides is 1. The van der Waals surface area contributed by atoms with E-state index in [9.17, 15) is 14.4 Å². The number of nitrogens with two attached hydrogens (primary N) is 1. The first kappa shape index (κ1) is 18.9. The number of Topliss-reactive ketones (excluding diaryl/α,β-unsaturated/α-hetero) is 1. The molecule has 0 saturated heterocycles. The molecule has 1 aromatic heterocycles. The summed E-state index contributed by atoms with van der Waals surface area (Å²) in [4.78, 5) is 41.9. The molecule has 0 unspecified atom stereocenters. The fraction of sp³-hybridized carbons (Fsp3) is 0.294. The molecule has 25 heavy (non-hydrogen) atoms. The number of H-pyrrole nitrogens is 1. The van der Waals surface area contributed by atoms with Crippen molar-refractivity contribution in [3.05, 3.63) is 57.0 Å². The van der Waals surface area contributed by atoms with Crippen molar-refractivity contribution in [3.8, 4) is 0 Å². The van der Waals surface area contributed by atoms with Crippen LogP contribution in [0.4, 0.5) is 5.95 Å². The second-order valence-corrected chi connectivity index (χ2v) is 6.07. The van der Waals surface area contributed by atoms with Gasteiger partial charge >= 0.3 is 0 Å². The fourth-order valence-corrected chi connectivity index (χ4v) is 2.70. The van der Waals surface area contributed by atoms with E-state index in [1.54, 1.807) is 31.2 Å². The Hall–Kier alpha value is -2.48. The van der Waals surface area contributed by atoms with Gasteiger partial charge in [-0.05, 0) is 31.9 Å². The largest absolute Gasteiger partial charge is 0.369 e. The number of nitrogen functional groups attached to an aromatic ring is 1. The van der Waals surface area contributed by atoms with Crippen LogP contribution in [0.25, 0.3) is 0 Å². The van der Waals surface area contributed by atoms with Crippen LogP contribution in [-0.2, 0) is 6.42 Å². The molecule has 0 bridgehead atoms. The van der Waals surface area contributed by atoms with Gasteiger partial charge in [-0.15, -0.1) is 0 Å². The van der Waals surface area contributed by atoms with E-state index in [0.29, 0.717) is 41.8 Å². The average molecular weight is 407 g/mol. The van der Waals surface area contributed by atoms with Crippen molar-refractivity contribution in [2.45, 2.75) is 19.8 Å². The predicted octanol–water partition coefficient (Wildman–Crippen LogP) is 1.60. The summed E-state index contributed by atoms with van der Waals surface area (Å²) in [6.45, 7) is 2.15. The highest BCUT2D eigenvalue weighted by molar-refractivity contribution is 9.09. The van der Waals surface area contributed by atoms with Crippen molar-refractivity contribution in [2.24, 2.45) is 0 Å². The van der Waals surface area contributed by atoms with Gasteiger partial charge < -0.3 is 11.1 Å². The Bertz CT molecular complexity index is 831. The van der Waals surface area contributed by atoms with E-state index in [0.717, 1.165) is 0 Å². The molecule has 0 radical (unpaired) electrons. The molecule has 0 saturated carbocycles.